The van der Waals surface area contributed by atoms with Crippen LogP contribution in [0, 0.1) is 0 Å². The van der Waals surface area contributed by atoms with Gasteiger partial charge in [0.1, 0.15) is 5.75 Å². The van der Waals surface area contributed by atoms with Crippen LogP contribution in [0.15, 0.2) is 59.6 Å². The van der Waals surface area contributed by atoms with Gasteiger partial charge >= 0.3 is 0 Å². The minimum Gasteiger partial charge on any atom is -0.497 e. The van der Waals surface area contributed by atoms with Crippen molar-refractivity contribution in [2.75, 3.05) is 7.11 Å². The van der Waals surface area contributed by atoms with Crippen LogP contribution < -0.4 is 4.74 Å². The highest BCUT2D eigenvalue weighted by Gasteiger charge is 1.89. The van der Waals surface area contributed by atoms with Gasteiger partial charge in [0.15, 0.2) is 0 Å². The van der Waals surface area contributed by atoms with E-state index in [2.05, 4.69) is 10.9 Å². The summed E-state index contributed by atoms with van der Waals surface area (Å²) >= 11 is 0. The molecule has 2 rings (SSSR count). The predicted molar refractivity (Wildman–Crippen MR) is 71.0 cm³/mol. The van der Waals surface area contributed by atoms with Crippen molar-refractivity contribution in [3.05, 3.63) is 60.2 Å². The molecule has 2 aromatic carbocycles. The lowest BCUT2D eigenvalue weighted by Gasteiger charge is -1.97. The molecule has 2 heteroatoms. The van der Waals surface area contributed by atoms with Crippen molar-refractivity contribution in [1.82, 2.24) is 0 Å². The maximum atomic E-state index is 5.07. The highest BCUT2D eigenvalue weighted by molar-refractivity contribution is 5.79. The van der Waals surface area contributed by atoms with Crippen LogP contribution in [-0.4, -0.2) is 13.0 Å². The molecule has 0 atom stereocenters. The maximum absolute atomic E-state index is 5.07. The quantitative estimate of drug-likeness (QED) is 0.727. The summed E-state index contributed by atoms with van der Waals surface area (Å²) in [7, 11) is 1.65. The average molecular weight is 223 g/mol. The molecule has 0 saturated heterocycles. The van der Waals surface area contributed by atoms with Crippen molar-refractivity contribution in [3.8, 4) is 5.75 Å². The molecule has 0 saturated carbocycles. The molecule has 2 aromatic rings. The van der Waals surface area contributed by atoms with Crippen molar-refractivity contribution in [2.24, 2.45) is 4.99 Å². The number of benzene rings is 2. The van der Waals surface area contributed by atoms with E-state index in [0.29, 0.717) is 0 Å². The number of methoxy groups -OCH3 is 1. The van der Waals surface area contributed by atoms with Gasteiger partial charge in [0.05, 0.1) is 12.8 Å². The van der Waals surface area contributed by atoms with E-state index >= 15 is 0 Å². The van der Waals surface area contributed by atoms with E-state index in [1.54, 1.807) is 7.11 Å². The van der Waals surface area contributed by atoms with Crippen LogP contribution in [0.4, 0.5) is 5.69 Å². The van der Waals surface area contributed by atoms with Crippen molar-refractivity contribution < 1.29 is 4.74 Å². The predicted octanol–water partition coefficient (Wildman–Crippen LogP) is 3.71. The fourth-order valence-electron chi connectivity index (χ4n) is 1.39. The normalized spacial score (nSPS) is 9.24. The molecule has 0 bridgehead atoms. The number of ether oxygens (including phenoxy) is 1. The van der Waals surface area contributed by atoms with Gasteiger partial charge in [0, 0.05) is 6.08 Å². The Balaban J connectivity index is 2.12. The fraction of sp³-hybridized carbons (Fsp3) is 0.0667. The highest BCUT2D eigenvalue weighted by Crippen LogP contribution is 2.16. The Bertz CT molecular complexity index is 523. The zero-order valence-corrected chi connectivity index (χ0v) is 9.63. The number of aliphatic imine (C=N–C) groups is 1. The largest absolute Gasteiger partial charge is 0.497 e. The topological polar surface area (TPSA) is 21.6 Å². The summed E-state index contributed by atoms with van der Waals surface area (Å²) in [5.41, 5.74) is 1.95. The third-order valence-corrected chi connectivity index (χ3v) is 2.30. The minimum absolute atomic E-state index is 0.830. The van der Waals surface area contributed by atoms with Gasteiger partial charge in [-0.3, -0.25) is 0 Å². The molecule has 0 aliphatic heterocycles. The summed E-state index contributed by atoms with van der Waals surface area (Å²) in [5.74, 6) is 3.74. The second-order valence-electron chi connectivity index (χ2n) is 3.49. The first kappa shape index (κ1) is 11.2. The average Bonchev–Trinajstić information content (AvgIpc) is 2.41. The first-order valence-electron chi connectivity index (χ1n) is 5.37. The van der Waals surface area contributed by atoms with E-state index in [1.807, 2.05) is 60.7 Å². The van der Waals surface area contributed by atoms with Crippen LogP contribution in [-0.2, 0) is 0 Å². The Morgan fingerprint density at radius 2 is 1.71 bits per heavy atom. The van der Waals surface area contributed by atoms with Gasteiger partial charge < -0.3 is 4.74 Å². The number of hydrogen-bond acceptors (Lipinski definition) is 2. The fourth-order valence-corrected chi connectivity index (χ4v) is 1.39. The van der Waals surface area contributed by atoms with Crippen molar-refractivity contribution in [2.45, 2.75) is 0 Å². The number of nitrogens with zero attached hydrogens (tertiary/aromatic N) is 1. The molecule has 17 heavy (non-hydrogen) atoms. The molecular formula is C15H13NO. The molecule has 2 nitrogen and oxygen atoms in total. The Morgan fingerprint density at radius 3 is 2.35 bits per heavy atom. The van der Waals surface area contributed by atoms with Gasteiger partial charge in [-0.1, -0.05) is 30.3 Å². The molecule has 0 unspecified atom stereocenters. The summed E-state index contributed by atoms with van der Waals surface area (Å²) in [6.07, 6.45) is 1.85. The Morgan fingerprint density at radius 1 is 1.00 bits per heavy atom. The summed E-state index contributed by atoms with van der Waals surface area (Å²) < 4.78 is 5.07. The number of rotatable bonds is 3. The Kier molecular flexibility index (Phi) is 3.74. The van der Waals surface area contributed by atoms with Crippen LogP contribution in [0.2, 0.25) is 0 Å². The van der Waals surface area contributed by atoms with Crippen LogP contribution in [0.1, 0.15) is 5.56 Å². The van der Waals surface area contributed by atoms with Crippen molar-refractivity contribution in [1.29, 1.82) is 0 Å². The second-order valence-corrected chi connectivity index (χ2v) is 3.49. The Labute approximate surface area is 101 Å². The molecule has 0 amide bonds. The molecule has 0 radical (unpaired) electrons. The molecule has 0 aliphatic rings. The van der Waals surface area contributed by atoms with E-state index in [9.17, 15) is 0 Å². The molecule has 0 aromatic heterocycles. The van der Waals surface area contributed by atoms with Crippen molar-refractivity contribution in [3.63, 3.8) is 0 Å². The standard InChI is InChI=1S/C15H13NO/c1-17-15-9-7-14(8-10-15)16-12-11-13-5-3-2-4-6-13/h2-11H,1H3. The zero-order valence-electron chi connectivity index (χ0n) is 9.63. The molecule has 0 N–H and O–H groups in total. The lowest BCUT2D eigenvalue weighted by atomic mass is 10.2. The molecule has 0 aliphatic carbocycles. The number of hydrogen-bond donors (Lipinski definition) is 0. The lowest BCUT2D eigenvalue weighted by molar-refractivity contribution is 0.415. The van der Waals surface area contributed by atoms with E-state index in [4.69, 9.17) is 4.74 Å². The van der Waals surface area contributed by atoms with E-state index in [1.165, 1.54) is 0 Å². The summed E-state index contributed by atoms with van der Waals surface area (Å²) in [6.45, 7) is 0. The van der Waals surface area contributed by atoms with Gasteiger partial charge in [0.25, 0.3) is 0 Å². The van der Waals surface area contributed by atoms with Crippen LogP contribution in [0.3, 0.4) is 0 Å². The SMILES string of the molecule is COc1ccc(N=C=Cc2ccccc2)cc1. The third-order valence-electron chi connectivity index (χ3n) is 2.30. The first-order valence-corrected chi connectivity index (χ1v) is 5.37. The summed E-state index contributed by atoms with van der Waals surface area (Å²) in [4.78, 5) is 4.22. The monoisotopic (exact) mass is 223 g/mol. The Hall–Kier alpha value is -2.31. The summed E-state index contributed by atoms with van der Waals surface area (Å²) in [5, 5.41) is 0. The van der Waals surface area contributed by atoms with Gasteiger partial charge in [-0.2, -0.15) is 0 Å². The van der Waals surface area contributed by atoms with Crippen LogP contribution >= 0.6 is 0 Å². The third kappa shape index (κ3) is 3.33. The van der Waals surface area contributed by atoms with E-state index in [-0.39, 0.29) is 0 Å². The molecule has 84 valence electrons. The summed E-state index contributed by atoms with van der Waals surface area (Å²) in [6, 6.07) is 17.5. The molecular weight excluding hydrogens is 210 g/mol. The first-order chi connectivity index (χ1) is 8.38. The van der Waals surface area contributed by atoms with Gasteiger partial charge in [-0.25, -0.2) is 4.99 Å². The van der Waals surface area contributed by atoms with Gasteiger partial charge in [0.2, 0.25) is 0 Å². The maximum Gasteiger partial charge on any atom is 0.119 e. The molecule has 0 fully saturated rings. The van der Waals surface area contributed by atoms with E-state index < -0.39 is 0 Å². The second kappa shape index (κ2) is 5.69. The van der Waals surface area contributed by atoms with Gasteiger partial charge in [-0.15, -0.1) is 0 Å². The lowest BCUT2D eigenvalue weighted by Crippen LogP contribution is -1.79. The minimum atomic E-state index is 0.830. The van der Waals surface area contributed by atoms with Crippen LogP contribution in [0.25, 0.3) is 6.08 Å². The van der Waals surface area contributed by atoms with Crippen LogP contribution in [0.5, 0.6) is 5.75 Å². The van der Waals surface area contributed by atoms with E-state index in [0.717, 1.165) is 17.0 Å². The van der Waals surface area contributed by atoms with Crippen molar-refractivity contribution >= 4 is 17.6 Å². The van der Waals surface area contributed by atoms with Gasteiger partial charge in [-0.05, 0) is 35.7 Å². The highest BCUT2D eigenvalue weighted by atomic mass is 16.5. The smallest absolute Gasteiger partial charge is 0.119 e. The molecule has 0 spiro atoms. The molecule has 0 heterocycles. The zero-order chi connectivity index (χ0) is 11.9.